The van der Waals surface area contributed by atoms with Gasteiger partial charge in [-0.1, -0.05) is 0 Å². The van der Waals surface area contributed by atoms with E-state index < -0.39 is 0 Å². The predicted octanol–water partition coefficient (Wildman–Crippen LogP) is 4.35. The van der Waals surface area contributed by atoms with Gasteiger partial charge in [0.2, 0.25) is 5.78 Å². The normalized spacial score (nSPS) is 10.9. The van der Waals surface area contributed by atoms with Crippen molar-refractivity contribution in [1.82, 2.24) is 4.98 Å². The van der Waals surface area contributed by atoms with Crippen molar-refractivity contribution in [2.24, 2.45) is 0 Å². The summed E-state index contributed by atoms with van der Waals surface area (Å²) < 4.78 is 1.89. The summed E-state index contributed by atoms with van der Waals surface area (Å²) in [6.45, 7) is 0. The van der Waals surface area contributed by atoms with E-state index in [-0.39, 0.29) is 5.78 Å². The van der Waals surface area contributed by atoms with Gasteiger partial charge in [0.05, 0.1) is 15.1 Å². The van der Waals surface area contributed by atoms with Gasteiger partial charge in [-0.05, 0) is 44.9 Å². The van der Waals surface area contributed by atoms with Crippen LogP contribution in [-0.4, -0.2) is 10.8 Å². The largest absolute Gasteiger partial charge is 0.288 e. The number of rotatable bonds is 2. The maximum atomic E-state index is 12.2. The van der Waals surface area contributed by atoms with Crippen LogP contribution in [0.3, 0.4) is 0 Å². The summed E-state index contributed by atoms with van der Waals surface area (Å²) in [6, 6.07) is 5.74. The lowest BCUT2D eigenvalue weighted by atomic mass is 10.1. The zero-order valence-corrected chi connectivity index (χ0v) is 11.7. The lowest BCUT2D eigenvalue weighted by molar-refractivity contribution is 0.104. The molecule has 0 bridgehead atoms. The number of hydrogen-bond acceptors (Lipinski definition) is 4. The fourth-order valence-electron chi connectivity index (χ4n) is 1.56. The zero-order valence-electron chi connectivity index (χ0n) is 8.51. The second-order valence-electron chi connectivity index (χ2n) is 3.45. The van der Waals surface area contributed by atoms with Crippen molar-refractivity contribution >= 4 is 54.6 Å². The van der Waals surface area contributed by atoms with Crippen LogP contribution in [0.4, 0.5) is 0 Å². The molecule has 2 nitrogen and oxygen atoms in total. The van der Waals surface area contributed by atoms with Gasteiger partial charge >= 0.3 is 0 Å². The van der Waals surface area contributed by atoms with Gasteiger partial charge in [-0.3, -0.25) is 9.78 Å². The lowest BCUT2D eigenvalue weighted by Gasteiger charge is -1.99. The van der Waals surface area contributed by atoms with Crippen molar-refractivity contribution in [3.8, 4) is 0 Å². The third-order valence-electron chi connectivity index (χ3n) is 2.39. The lowest BCUT2D eigenvalue weighted by Crippen LogP contribution is -1.99. The second kappa shape index (κ2) is 4.33. The Kier molecular flexibility index (Phi) is 2.82. The van der Waals surface area contributed by atoms with Gasteiger partial charge in [-0.25, -0.2) is 0 Å². The monoisotopic (exact) mass is 323 g/mol. The molecule has 0 aromatic carbocycles. The third-order valence-corrected chi connectivity index (χ3v) is 5.08. The molecule has 3 heterocycles. The first-order chi connectivity index (χ1) is 8.25. The Morgan fingerprint density at radius 2 is 2.06 bits per heavy atom. The van der Waals surface area contributed by atoms with Crippen molar-refractivity contribution in [3.05, 3.63) is 50.1 Å². The highest BCUT2D eigenvalue weighted by atomic mass is 79.9. The van der Waals surface area contributed by atoms with Crippen molar-refractivity contribution in [2.75, 3.05) is 0 Å². The summed E-state index contributed by atoms with van der Waals surface area (Å²) in [6.07, 6.45) is 1.64. The molecule has 0 amide bonds. The van der Waals surface area contributed by atoms with E-state index in [1.807, 2.05) is 29.0 Å². The number of thiophene rings is 2. The van der Waals surface area contributed by atoms with Crippen LogP contribution in [0.25, 0.3) is 10.2 Å². The average molecular weight is 324 g/mol. The minimum atomic E-state index is 0.0228. The van der Waals surface area contributed by atoms with E-state index in [0.29, 0.717) is 5.56 Å². The molecule has 84 valence electrons. The van der Waals surface area contributed by atoms with Gasteiger partial charge in [0.1, 0.15) is 0 Å². The van der Waals surface area contributed by atoms with E-state index in [4.69, 9.17) is 0 Å². The van der Waals surface area contributed by atoms with Crippen molar-refractivity contribution < 1.29 is 4.79 Å². The molecule has 0 saturated heterocycles. The standard InChI is InChI=1S/C12H6BrNOS2/c13-8-1-3-17-12(8)11(15)7-5-10-9(14-6-7)2-4-16-10/h1-6H. The quantitative estimate of drug-likeness (QED) is 0.656. The van der Waals surface area contributed by atoms with E-state index in [1.54, 1.807) is 17.5 Å². The Hall–Kier alpha value is -1.04. The van der Waals surface area contributed by atoms with Crippen LogP contribution in [0.5, 0.6) is 0 Å². The molecule has 0 aliphatic heterocycles. The van der Waals surface area contributed by atoms with Crippen LogP contribution in [0, 0.1) is 0 Å². The highest BCUT2D eigenvalue weighted by Crippen LogP contribution is 2.27. The zero-order chi connectivity index (χ0) is 11.8. The summed E-state index contributed by atoms with van der Waals surface area (Å²) in [5.41, 5.74) is 1.58. The topological polar surface area (TPSA) is 30.0 Å². The number of halogens is 1. The molecule has 5 heteroatoms. The summed E-state index contributed by atoms with van der Waals surface area (Å²) in [4.78, 5) is 17.2. The number of ketones is 1. The van der Waals surface area contributed by atoms with E-state index in [2.05, 4.69) is 20.9 Å². The smallest absolute Gasteiger partial charge is 0.205 e. The highest BCUT2D eigenvalue weighted by molar-refractivity contribution is 9.10. The van der Waals surface area contributed by atoms with Gasteiger partial charge < -0.3 is 0 Å². The molecule has 0 spiro atoms. The molecular formula is C12H6BrNOS2. The van der Waals surface area contributed by atoms with Gasteiger partial charge in [-0.2, -0.15) is 0 Å². The summed E-state index contributed by atoms with van der Waals surface area (Å²) in [5, 5.41) is 3.88. The number of carbonyl (C=O) groups excluding carboxylic acids is 1. The Morgan fingerprint density at radius 1 is 1.24 bits per heavy atom. The molecular weight excluding hydrogens is 318 g/mol. The molecule has 0 unspecified atom stereocenters. The van der Waals surface area contributed by atoms with Gasteiger partial charge in [0, 0.05) is 16.2 Å². The first-order valence-corrected chi connectivity index (χ1v) is 7.42. The van der Waals surface area contributed by atoms with Crippen LogP contribution >= 0.6 is 38.6 Å². The van der Waals surface area contributed by atoms with Crippen LogP contribution in [0.15, 0.2) is 39.6 Å². The molecule has 17 heavy (non-hydrogen) atoms. The molecule has 0 radical (unpaired) electrons. The Bertz CT molecular complexity index is 701. The Balaban J connectivity index is 2.09. The maximum Gasteiger partial charge on any atom is 0.205 e. The molecule has 3 aromatic rings. The molecule has 0 aliphatic rings. The summed E-state index contributed by atoms with van der Waals surface area (Å²) >= 11 is 6.41. The maximum absolute atomic E-state index is 12.2. The van der Waals surface area contributed by atoms with E-state index in [0.717, 1.165) is 19.6 Å². The van der Waals surface area contributed by atoms with Gasteiger partial charge in [0.25, 0.3) is 0 Å². The molecule has 0 aliphatic carbocycles. The van der Waals surface area contributed by atoms with E-state index in [1.165, 1.54) is 11.3 Å². The molecule has 0 saturated carbocycles. The number of pyridine rings is 1. The Labute approximate surface area is 114 Å². The first kappa shape index (κ1) is 11.1. The Morgan fingerprint density at radius 3 is 2.82 bits per heavy atom. The fourth-order valence-corrected chi connectivity index (χ4v) is 3.85. The van der Waals surface area contributed by atoms with E-state index >= 15 is 0 Å². The van der Waals surface area contributed by atoms with Gasteiger partial charge in [-0.15, -0.1) is 22.7 Å². The van der Waals surface area contributed by atoms with Crippen LogP contribution in [0.1, 0.15) is 15.2 Å². The SMILES string of the molecule is O=C(c1cnc2ccsc2c1)c1sccc1Br. The molecule has 0 fully saturated rings. The molecule has 0 atom stereocenters. The second-order valence-corrected chi connectivity index (χ2v) is 6.17. The highest BCUT2D eigenvalue weighted by Gasteiger charge is 2.15. The van der Waals surface area contributed by atoms with E-state index in [9.17, 15) is 4.79 Å². The average Bonchev–Trinajstić information content (AvgIpc) is 2.95. The van der Waals surface area contributed by atoms with Gasteiger partial charge in [0.15, 0.2) is 0 Å². The fraction of sp³-hybridized carbons (Fsp3) is 0. The number of carbonyl (C=O) groups is 1. The number of nitrogens with zero attached hydrogens (tertiary/aromatic N) is 1. The van der Waals surface area contributed by atoms with Crippen LogP contribution in [-0.2, 0) is 0 Å². The number of hydrogen-bond donors (Lipinski definition) is 0. The summed E-state index contributed by atoms with van der Waals surface area (Å²) in [5.74, 6) is 0.0228. The predicted molar refractivity (Wildman–Crippen MR) is 75.1 cm³/mol. The molecule has 3 rings (SSSR count). The number of aromatic nitrogens is 1. The molecule has 0 N–H and O–H groups in total. The van der Waals surface area contributed by atoms with Crippen LogP contribution in [0.2, 0.25) is 0 Å². The minimum absolute atomic E-state index is 0.0228. The molecule has 3 aromatic heterocycles. The van der Waals surface area contributed by atoms with Crippen molar-refractivity contribution in [1.29, 1.82) is 0 Å². The third kappa shape index (κ3) is 1.94. The van der Waals surface area contributed by atoms with Crippen LogP contribution < -0.4 is 0 Å². The minimum Gasteiger partial charge on any atom is -0.288 e. The first-order valence-electron chi connectivity index (χ1n) is 4.86. The van der Waals surface area contributed by atoms with Crippen molar-refractivity contribution in [2.45, 2.75) is 0 Å². The number of fused-ring (bicyclic) bond motifs is 1. The van der Waals surface area contributed by atoms with Crippen molar-refractivity contribution in [3.63, 3.8) is 0 Å². The summed E-state index contributed by atoms with van der Waals surface area (Å²) in [7, 11) is 0.